The number of rotatable bonds is 22. The lowest BCUT2D eigenvalue weighted by atomic mass is 10.0. The van der Waals surface area contributed by atoms with Crippen LogP contribution in [0.5, 0.6) is 17.2 Å². The highest BCUT2D eigenvalue weighted by molar-refractivity contribution is 5.92. The van der Waals surface area contributed by atoms with E-state index in [0.717, 1.165) is 12.8 Å². The van der Waals surface area contributed by atoms with E-state index in [-0.39, 0.29) is 11.3 Å². The number of benzene rings is 2. The molecule has 0 aliphatic rings. The van der Waals surface area contributed by atoms with Gasteiger partial charge in [-0.05, 0) is 48.9 Å². The largest absolute Gasteiger partial charge is 0.493 e. The Labute approximate surface area is 235 Å². The predicted octanol–water partition coefficient (Wildman–Crippen LogP) is 9.25. The van der Waals surface area contributed by atoms with Gasteiger partial charge in [0.25, 0.3) is 0 Å². The van der Waals surface area contributed by atoms with E-state index in [0.29, 0.717) is 23.7 Å². The van der Waals surface area contributed by atoms with E-state index in [1.165, 1.54) is 121 Å². The lowest BCUT2D eigenvalue weighted by Crippen LogP contribution is -2.09. The Hall–Kier alpha value is -3.02. The van der Waals surface area contributed by atoms with Gasteiger partial charge in [0, 0.05) is 0 Å². The van der Waals surface area contributed by atoms with E-state index in [9.17, 15) is 9.59 Å². The second-order valence-corrected chi connectivity index (χ2v) is 10.2. The minimum atomic E-state index is -1.03. The molecule has 2 aromatic carbocycles. The van der Waals surface area contributed by atoms with Crippen LogP contribution in [0.3, 0.4) is 0 Å². The molecule has 0 bridgehead atoms. The number of hydrogen-bond acceptors (Lipinski definition) is 5. The molecule has 0 spiro atoms. The Bertz CT molecular complexity index is 953. The summed E-state index contributed by atoms with van der Waals surface area (Å²) in [6.45, 7) is 2.88. The van der Waals surface area contributed by atoms with Crippen molar-refractivity contribution >= 4 is 11.9 Å². The molecule has 0 aliphatic carbocycles. The molecule has 2 aromatic rings. The number of carbonyl (C=O) groups is 2. The van der Waals surface area contributed by atoms with E-state index >= 15 is 0 Å². The van der Waals surface area contributed by atoms with Gasteiger partial charge in [0.05, 0.1) is 24.8 Å². The van der Waals surface area contributed by atoms with Crippen LogP contribution in [0.25, 0.3) is 0 Å². The molecule has 0 amide bonds. The lowest BCUT2D eigenvalue weighted by molar-refractivity contribution is 0.0696. The quantitative estimate of drug-likeness (QED) is 0.0910. The number of methoxy groups -OCH3 is 1. The minimum Gasteiger partial charge on any atom is -0.493 e. The van der Waals surface area contributed by atoms with Crippen molar-refractivity contribution in [3.63, 3.8) is 0 Å². The summed E-state index contributed by atoms with van der Waals surface area (Å²) in [5.41, 5.74) is 0.450. The van der Waals surface area contributed by atoms with Gasteiger partial charge in [0.15, 0.2) is 11.5 Å². The number of unbranched alkanes of at least 4 members (excludes halogenated alkanes) is 15. The number of aromatic carboxylic acids is 1. The molecule has 0 radical (unpaired) electrons. The van der Waals surface area contributed by atoms with Crippen LogP contribution in [0, 0.1) is 0 Å². The van der Waals surface area contributed by atoms with Crippen LogP contribution in [-0.4, -0.2) is 30.8 Å². The maximum Gasteiger partial charge on any atom is 0.343 e. The smallest absolute Gasteiger partial charge is 0.343 e. The van der Waals surface area contributed by atoms with Crippen molar-refractivity contribution in [2.45, 2.75) is 110 Å². The zero-order chi connectivity index (χ0) is 28.1. The average molecular weight is 541 g/mol. The van der Waals surface area contributed by atoms with E-state index in [2.05, 4.69) is 6.92 Å². The SMILES string of the molecule is CCCCCCCCCCCCCCCCCCOc1ccc(C(=O)Oc2ccc(C(=O)O)cc2)cc1OC. The normalized spacial score (nSPS) is 10.8. The van der Waals surface area contributed by atoms with Gasteiger partial charge in [-0.15, -0.1) is 0 Å². The first kappa shape index (κ1) is 32.2. The molecule has 216 valence electrons. The van der Waals surface area contributed by atoms with Crippen molar-refractivity contribution < 1.29 is 28.9 Å². The number of carbonyl (C=O) groups excluding carboxylic acids is 1. The van der Waals surface area contributed by atoms with Crippen molar-refractivity contribution in [3.8, 4) is 17.2 Å². The molecule has 6 heteroatoms. The van der Waals surface area contributed by atoms with E-state index < -0.39 is 11.9 Å². The summed E-state index contributed by atoms with van der Waals surface area (Å²) >= 11 is 0. The summed E-state index contributed by atoms with van der Waals surface area (Å²) < 4.78 is 16.7. The third-order valence-corrected chi connectivity index (χ3v) is 6.97. The van der Waals surface area contributed by atoms with E-state index in [1.807, 2.05) is 0 Å². The maximum absolute atomic E-state index is 12.5. The van der Waals surface area contributed by atoms with Crippen LogP contribution in [0.15, 0.2) is 42.5 Å². The number of carboxylic acid groups (broad SMARTS) is 1. The molecule has 0 fully saturated rings. The lowest BCUT2D eigenvalue weighted by Gasteiger charge is -2.12. The fourth-order valence-corrected chi connectivity index (χ4v) is 4.58. The highest BCUT2D eigenvalue weighted by Gasteiger charge is 2.14. The van der Waals surface area contributed by atoms with Gasteiger partial charge < -0.3 is 19.3 Å². The average Bonchev–Trinajstić information content (AvgIpc) is 2.95. The standard InChI is InChI=1S/C33H48O6/c1-3-4-5-6-7-8-9-10-11-12-13-14-15-16-17-18-25-38-30-24-21-28(26-31(30)37-2)33(36)39-29-22-19-27(20-23-29)32(34)35/h19-24,26H,3-18,25H2,1-2H3,(H,34,35). The molecule has 0 saturated heterocycles. The van der Waals surface area contributed by atoms with Gasteiger partial charge in [-0.3, -0.25) is 0 Å². The van der Waals surface area contributed by atoms with Crippen LogP contribution in [0.2, 0.25) is 0 Å². The summed E-state index contributed by atoms with van der Waals surface area (Å²) in [6.07, 6.45) is 21.3. The van der Waals surface area contributed by atoms with Crippen LogP contribution >= 0.6 is 0 Å². The Morgan fingerprint density at radius 3 is 1.62 bits per heavy atom. The second kappa shape index (κ2) is 20.0. The Morgan fingerprint density at radius 1 is 0.641 bits per heavy atom. The van der Waals surface area contributed by atoms with Crippen molar-refractivity contribution in [1.29, 1.82) is 0 Å². The molecule has 39 heavy (non-hydrogen) atoms. The summed E-state index contributed by atoms with van der Waals surface area (Å²) in [7, 11) is 1.54. The van der Waals surface area contributed by atoms with Crippen LogP contribution in [0.1, 0.15) is 130 Å². The van der Waals surface area contributed by atoms with Gasteiger partial charge in [-0.1, -0.05) is 103 Å². The molecule has 0 heterocycles. The highest BCUT2D eigenvalue weighted by Crippen LogP contribution is 2.29. The Balaban J connectivity index is 1.54. The topological polar surface area (TPSA) is 82.1 Å². The van der Waals surface area contributed by atoms with Crippen molar-refractivity contribution in [2.24, 2.45) is 0 Å². The van der Waals surface area contributed by atoms with Crippen LogP contribution in [0.4, 0.5) is 0 Å². The number of hydrogen-bond donors (Lipinski definition) is 1. The van der Waals surface area contributed by atoms with Crippen LogP contribution in [-0.2, 0) is 0 Å². The summed E-state index contributed by atoms with van der Waals surface area (Å²) in [6, 6.07) is 10.6. The zero-order valence-electron chi connectivity index (χ0n) is 24.1. The predicted molar refractivity (Wildman–Crippen MR) is 156 cm³/mol. The molecule has 0 aliphatic heterocycles. The summed E-state index contributed by atoms with van der Waals surface area (Å²) in [5, 5.41) is 8.98. The molecule has 0 saturated carbocycles. The number of ether oxygens (including phenoxy) is 3. The first-order valence-electron chi connectivity index (χ1n) is 14.9. The first-order valence-corrected chi connectivity index (χ1v) is 14.9. The minimum absolute atomic E-state index is 0.127. The second-order valence-electron chi connectivity index (χ2n) is 10.2. The molecule has 0 unspecified atom stereocenters. The van der Waals surface area contributed by atoms with Gasteiger partial charge in [-0.25, -0.2) is 9.59 Å². The van der Waals surface area contributed by atoms with E-state index in [1.54, 1.807) is 18.2 Å². The third kappa shape index (κ3) is 13.6. The molecule has 1 N–H and O–H groups in total. The molecule has 0 atom stereocenters. The fraction of sp³-hybridized carbons (Fsp3) is 0.576. The molecular weight excluding hydrogens is 492 g/mol. The Morgan fingerprint density at radius 2 is 1.13 bits per heavy atom. The number of esters is 1. The third-order valence-electron chi connectivity index (χ3n) is 6.97. The summed E-state index contributed by atoms with van der Waals surface area (Å²) in [5.74, 6) is -0.246. The maximum atomic E-state index is 12.5. The van der Waals surface area contributed by atoms with Crippen LogP contribution < -0.4 is 14.2 Å². The van der Waals surface area contributed by atoms with E-state index in [4.69, 9.17) is 19.3 Å². The van der Waals surface area contributed by atoms with Crippen molar-refractivity contribution in [3.05, 3.63) is 53.6 Å². The van der Waals surface area contributed by atoms with Gasteiger partial charge >= 0.3 is 11.9 Å². The molecule has 0 aromatic heterocycles. The zero-order valence-corrected chi connectivity index (χ0v) is 24.1. The molecular formula is C33H48O6. The van der Waals surface area contributed by atoms with Gasteiger partial charge in [0.2, 0.25) is 0 Å². The Kier molecular flexibility index (Phi) is 16.5. The number of carboxylic acids is 1. The van der Waals surface area contributed by atoms with Crippen molar-refractivity contribution in [1.82, 2.24) is 0 Å². The van der Waals surface area contributed by atoms with Gasteiger partial charge in [-0.2, -0.15) is 0 Å². The molecule has 2 rings (SSSR count). The van der Waals surface area contributed by atoms with Crippen molar-refractivity contribution in [2.75, 3.05) is 13.7 Å². The highest BCUT2D eigenvalue weighted by atomic mass is 16.5. The first-order chi connectivity index (χ1) is 19.0. The molecule has 6 nitrogen and oxygen atoms in total. The van der Waals surface area contributed by atoms with Gasteiger partial charge in [0.1, 0.15) is 5.75 Å². The fourth-order valence-electron chi connectivity index (χ4n) is 4.58. The summed E-state index contributed by atoms with van der Waals surface area (Å²) in [4.78, 5) is 23.5. The monoisotopic (exact) mass is 540 g/mol.